The highest BCUT2D eigenvalue weighted by Gasteiger charge is 2.38. The van der Waals surface area contributed by atoms with Crippen LogP contribution in [0.5, 0.6) is 0 Å². The third-order valence-electron chi connectivity index (χ3n) is 4.84. The van der Waals surface area contributed by atoms with Gasteiger partial charge in [-0.1, -0.05) is 29.8 Å². The smallest absolute Gasteiger partial charge is 0.382 e. The van der Waals surface area contributed by atoms with E-state index in [0.717, 1.165) is 22.0 Å². The number of halogens is 3. The van der Waals surface area contributed by atoms with Gasteiger partial charge in [0, 0.05) is 23.5 Å². The van der Waals surface area contributed by atoms with E-state index in [2.05, 4.69) is 15.0 Å². The highest BCUT2D eigenvalue weighted by atomic mass is 19.4. The SMILES string of the molecule is Cc1ccc(-c2cc3c(=O)n(CC(O)C(F)(F)F)cnc3c(-c3cccnc3)n2)cc1. The molecule has 0 saturated carbocycles. The highest BCUT2D eigenvalue weighted by Crippen LogP contribution is 2.28. The summed E-state index contributed by atoms with van der Waals surface area (Å²) in [5.41, 5.74) is 2.80. The van der Waals surface area contributed by atoms with Crippen molar-refractivity contribution in [2.45, 2.75) is 25.7 Å². The van der Waals surface area contributed by atoms with Gasteiger partial charge in [0.05, 0.1) is 29.6 Å². The minimum absolute atomic E-state index is 0.0984. The number of hydrogen-bond donors (Lipinski definition) is 1. The number of nitrogens with zero attached hydrogens (tertiary/aromatic N) is 4. The average Bonchev–Trinajstić information content (AvgIpc) is 2.75. The number of pyridine rings is 2. The second-order valence-electron chi connectivity index (χ2n) is 7.12. The average molecular weight is 426 g/mol. The van der Waals surface area contributed by atoms with E-state index < -0.39 is 24.4 Å². The predicted molar refractivity (Wildman–Crippen MR) is 109 cm³/mol. The van der Waals surface area contributed by atoms with Crippen molar-refractivity contribution in [2.24, 2.45) is 0 Å². The summed E-state index contributed by atoms with van der Waals surface area (Å²) in [5, 5.41) is 9.49. The second kappa shape index (κ2) is 7.92. The lowest BCUT2D eigenvalue weighted by atomic mass is 10.0. The molecule has 0 aliphatic carbocycles. The van der Waals surface area contributed by atoms with Crippen LogP contribution >= 0.6 is 0 Å². The van der Waals surface area contributed by atoms with Crippen molar-refractivity contribution in [2.75, 3.05) is 0 Å². The van der Waals surface area contributed by atoms with Gasteiger partial charge in [-0.15, -0.1) is 0 Å². The lowest BCUT2D eigenvalue weighted by Gasteiger charge is -2.16. The normalized spacial score (nSPS) is 12.8. The molecule has 0 fully saturated rings. The van der Waals surface area contributed by atoms with E-state index in [4.69, 9.17) is 0 Å². The van der Waals surface area contributed by atoms with E-state index in [9.17, 15) is 23.1 Å². The molecule has 1 aromatic carbocycles. The van der Waals surface area contributed by atoms with Crippen molar-refractivity contribution in [3.05, 3.63) is 77.1 Å². The monoisotopic (exact) mass is 426 g/mol. The second-order valence-corrected chi connectivity index (χ2v) is 7.12. The number of aliphatic hydroxyl groups excluding tert-OH is 1. The number of benzene rings is 1. The van der Waals surface area contributed by atoms with Gasteiger partial charge in [0.15, 0.2) is 6.10 Å². The van der Waals surface area contributed by atoms with Crippen molar-refractivity contribution in [3.63, 3.8) is 0 Å². The molecule has 0 spiro atoms. The molecule has 0 bridgehead atoms. The Morgan fingerprint density at radius 1 is 1.13 bits per heavy atom. The maximum Gasteiger partial charge on any atom is 0.416 e. The standard InChI is InChI=1S/C22H17F3N4O2/c1-13-4-6-14(7-5-13)17-9-16-20(19(28-17)15-3-2-8-26-10-15)27-12-29(21(16)31)11-18(30)22(23,24)25/h2-10,12,18,30H,11H2,1H3. The summed E-state index contributed by atoms with van der Waals surface area (Å²) in [6.07, 6.45) is -3.37. The van der Waals surface area contributed by atoms with Crippen LogP contribution in [-0.4, -0.2) is 36.9 Å². The molecule has 1 atom stereocenters. The molecule has 0 amide bonds. The topological polar surface area (TPSA) is 80.9 Å². The summed E-state index contributed by atoms with van der Waals surface area (Å²) in [4.78, 5) is 26.0. The van der Waals surface area contributed by atoms with Crippen LogP contribution in [0.1, 0.15) is 5.56 Å². The molecule has 158 valence electrons. The number of aryl methyl sites for hydroxylation is 1. The summed E-state index contributed by atoms with van der Waals surface area (Å²) < 4.78 is 39.1. The van der Waals surface area contributed by atoms with Gasteiger partial charge in [-0.3, -0.25) is 14.3 Å². The van der Waals surface area contributed by atoms with Gasteiger partial charge in [-0.25, -0.2) is 9.97 Å². The van der Waals surface area contributed by atoms with Crippen molar-refractivity contribution in [1.29, 1.82) is 0 Å². The van der Waals surface area contributed by atoms with E-state index >= 15 is 0 Å². The summed E-state index contributed by atoms with van der Waals surface area (Å²) >= 11 is 0. The Balaban J connectivity index is 1.94. The zero-order valence-electron chi connectivity index (χ0n) is 16.3. The van der Waals surface area contributed by atoms with Gasteiger partial charge in [-0.2, -0.15) is 13.2 Å². The molecule has 0 saturated heterocycles. The molecule has 0 aliphatic rings. The molecule has 3 aromatic heterocycles. The maximum absolute atomic E-state index is 13.0. The summed E-state index contributed by atoms with van der Waals surface area (Å²) in [6, 6.07) is 12.5. The van der Waals surface area contributed by atoms with Crippen LogP contribution in [0, 0.1) is 6.92 Å². The van der Waals surface area contributed by atoms with Crippen LogP contribution in [0.4, 0.5) is 13.2 Å². The van der Waals surface area contributed by atoms with E-state index in [1.807, 2.05) is 31.2 Å². The number of alkyl halides is 3. The number of rotatable bonds is 4. The van der Waals surface area contributed by atoms with Gasteiger partial charge < -0.3 is 5.11 Å². The van der Waals surface area contributed by atoms with Gasteiger partial charge >= 0.3 is 6.18 Å². The fraction of sp³-hybridized carbons (Fsp3) is 0.182. The molecule has 0 aliphatic heterocycles. The Kier molecular flexibility index (Phi) is 5.28. The fourth-order valence-electron chi connectivity index (χ4n) is 3.16. The number of aliphatic hydroxyl groups is 1. The molecule has 9 heteroatoms. The number of fused-ring (bicyclic) bond motifs is 1. The predicted octanol–water partition coefficient (Wildman–Crippen LogP) is 3.75. The van der Waals surface area contributed by atoms with Crippen LogP contribution in [-0.2, 0) is 6.54 Å². The molecule has 31 heavy (non-hydrogen) atoms. The molecule has 1 unspecified atom stereocenters. The third kappa shape index (κ3) is 4.17. The van der Waals surface area contributed by atoms with Crippen molar-refractivity contribution < 1.29 is 18.3 Å². The molecule has 6 nitrogen and oxygen atoms in total. The van der Waals surface area contributed by atoms with Gasteiger partial charge in [0.25, 0.3) is 5.56 Å². The largest absolute Gasteiger partial charge is 0.416 e. The van der Waals surface area contributed by atoms with Crippen LogP contribution < -0.4 is 5.56 Å². The van der Waals surface area contributed by atoms with Crippen LogP contribution in [0.3, 0.4) is 0 Å². The number of aromatic nitrogens is 4. The Labute approximate surface area is 174 Å². The van der Waals surface area contributed by atoms with Gasteiger partial charge in [0.1, 0.15) is 5.52 Å². The molecule has 4 aromatic rings. The Morgan fingerprint density at radius 3 is 2.52 bits per heavy atom. The molecular formula is C22H17F3N4O2. The van der Waals surface area contributed by atoms with Crippen molar-refractivity contribution in [1.82, 2.24) is 19.5 Å². The molecule has 4 rings (SSSR count). The van der Waals surface area contributed by atoms with Gasteiger partial charge in [0.2, 0.25) is 0 Å². The third-order valence-corrected chi connectivity index (χ3v) is 4.84. The lowest BCUT2D eigenvalue weighted by Crippen LogP contribution is -2.36. The van der Waals surface area contributed by atoms with Gasteiger partial charge in [-0.05, 0) is 25.1 Å². The maximum atomic E-state index is 13.0. The lowest BCUT2D eigenvalue weighted by molar-refractivity contribution is -0.207. The van der Waals surface area contributed by atoms with E-state index in [0.29, 0.717) is 17.0 Å². The van der Waals surface area contributed by atoms with E-state index in [-0.39, 0.29) is 10.9 Å². The zero-order valence-corrected chi connectivity index (χ0v) is 16.3. The molecule has 1 N–H and O–H groups in total. The van der Waals surface area contributed by atoms with Crippen molar-refractivity contribution >= 4 is 10.9 Å². The minimum Gasteiger partial charge on any atom is -0.382 e. The molecular weight excluding hydrogens is 409 g/mol. The highest BCUT2D eigenvalue weighted by molar-refractivity contribution is 5.93. The Hall–Kier alpha value is -3.59. The Bertz CT molecular complexity index is 1290. The zero-order chi connectivity index (χ0) is 22.2. The quantitative estimate of drug-likeness (QED) is 0.538. The van der Waals surface area contributed by atoms with Crippen LogP contribution in [0.25, 0.3) is 33.4 Å². The first-order valence-corrected chi connectivity index (χ1v) is 9.36. The first kappa shape index (κ1) is 20.7. The number of hydrogen-bond acceptors (Lipinski definition) is 5. The van der Waals surface area contributed by atoms with Crippen molar-refractivity contribution in [3.8, 4) is 22.5 Å². The fourth-order valence-corrected chi connectivity index (χ4v) is 3.16. The Morgan fingerprint density at radius 2 is 1.87 bits per heavy atom. The summed E-state index contributed by atoms with van der Waals surface area (Å²) in [6.45, 7) is 0.989. The first-order chi connectivity index (χ1) is 14.7. The molecule has 0 radical (unpaired) electrons. The van der Waals surface area contributed by atoms with Crippen LogP contribution in [0.2, 0.25) is 0 Å². The summed E-state index contributed by atoms with van der Waals surface area (Å²) in [5.74, 6) is 0. The van der Waals surface area contributed by atoms with E-state index in [1.165, 1.54) is 6.07 Å². The summed E-state index contributed by atoms with van der Waals surface area (Å²) in [7, 11) is 0. The van der Waals surface area contributed by atoms with Crippen LogP contribution in [0.15, 0.2) is 66.0 Å². The van der Waals surface area contributed by atoms with E-state index in [1.54, 1.807) is 24.5 Å². The first-order valence-electron chi connectivity index (χ1n) is 9.36. The minimum atomic E-state index is -4.85. The molecule has 3 heterocycles.